The van der Waals surface area contributed by atoms with E-state index in [9.17, 15) is 4.79 Å². The van der Waals surface area contributed by atoms with Gasteiger partial charge in [0.25, 0.3) is 0 Å². The van der Waals surface area contributed by atoms with Crippen LogP contribution < -0.4 is 5.43 Å². The van der Waals surface area contributed by atoms with Gasteiger partial charge in [-0.25, -0.2) is 5.43 Å². The van der Waals surface area contributed by atoms with Gasteiger partial charge in [-0.05, 0) is 23.3 Å². The number of carbonyl (C=O) groups excluding carboxylic acids is 1. The second-order valence-electron chi connectivity index (χ2n) is 5.59. The molecule has 0 radical (unpaired) electrons. The summed E-state index contributed by atoms with van der Waals surface area (Å²) in [6.07, 6.45) is 0.312. The van der Waals surface area contributed by atoms with Crippen LogP contribution in [-0.4, -0.2) is 23.6 Å². The Labute approximate surface area is 141 Å². The number of amides is 1. The maximum Gasteiger partial charge on any atom is 0.239 e. The molecule has 1 aliphatic rings. The average molecular weight is 331 g/mol. The Morgan fingerprint density at radius 1 is 1.13 bits per heavy atom. The number of rotatable bonds is 6. The van der Waals surface area contributed by atoms with Gasteiger partial charge in [0.05, 0.1) is 25.7 Å². The average Bonchev–Trinajstić information content (AvgIpc) is 2.92. The number of benzene rings is 2. The minimum Gasteiger partial charge on any atom is -0.371 e. The summed E-state index contributed by atoms with van der Waals surface area (Å²) >= 11 is 5.96. The van der Waals surface area contributed by atoms with Crippen LogP contribution in [0.2, 0.25) is 5.02 Å². The van der Waals surface area contributed by atoms with Gasteiger partial charge in [0.1, 0.15) is 0 Å². The SMILES string of the molecule is O=C1CC(OCc2cccc(Cl)c2)CN1NCc1ccccc1. The van der Waals surface area contributed by atoms with Gasteiger partial charge in [0.2, 0.25) is 5.91 Å². The van der Waals surface area contributed by atoms with Crippen LogP contribution in [0.1, 0.15) is 17.5 Å². The highest BCUT2D eigenvalue weighted by molar-refractivity contribution is 6.30. The van der Waals surface area contributed by atoms with Crippen LogP contribution in [-0.2, 0) is 22.7 Å². The molecular formula is C18H19ClN2O2. The first kappa shape index (κ1) is 16.0. The highest BCUT2D eigenvalue weighted by Crippen LogP contribution is 2.17. The molecule has 1 fully saturated rings. The smallest absolute Gasteiger partial charge is 0.239 e. The van der Waals surface area contributed by atoms with Gasteiger partial charge in [-0.1, -0.05) is 54.1 Å². The Balaban J connectivity index is 1.47. The Kier molecular flexibility index (Phi) is 5.28. The molecular weight excluding hydrogens is 312 g/mol. The lowest BCUT2D eigenvalue weighted by molar-refractivity contribution is -0.130. The summed E-state index contributed by atoms with van der Waals surface area (Å²) in [4.78, 5) is 12.0. The molecule has 2 aromatic carbocycles. The summed E-state index contributed by atoms with van der Waals surface area (Å²) in [6, 6.07) is 17.6. The third-order valence-corrected chi connectivity index (χ3v) is 4.02. The van der Waals surface area contributed by atoms with Crippen LogP contribution in [0.3, 0.4) is 0 Å². The third kappa shape index (κ3) is 4.55. The molecule has 0 aromatic heterocycles. The minimum atomic E-state index is -0.0928. The maximum atomic E-state index is 12.0. The first-order valence-corrected chi connectivity index (χ1v) is 8.02. The van der Waals surface area contributed by atoms with Crippen molar-refractivity contribution < 1.29 is 9.53 Å². The van der Waals surface area contributed by atoms with Crippen LogP contribution in [0.15, 0.2) is 54.6 Å². The number of hydrazine groups is 1. The molecule has 4 nitrogen and oxygen atoms in total. The molecule has 3 rings (SSSR count). The fraction of sp³-hybridized carbons (Fsp3) is 0.278. The summed E-state index contributed by atoms with van der Waals surface area (Å²) in [5, 5.41) is 2.34. The zero-order valence-electron chi connectivity index (χ0n) is 12.7. The largest absolute Gasteiger partial charge is 0.371 e. The fourth-order valence-corrected chi connectivity index (χ4v) is 2.78. The van der Waals surface area contributed by atoms with E-state index in [0.717, 1.165) is 11.1 Å². The second-order valence-corrected chi connectivity index (χ2v) is 6.03. The molecule has 1 N–H and O–H groups in total. The summed E-state index contributed by atoms with van der Waals surface area (Å²) in [6.45, 7) is 1.66. The third-order valence-electron chi connectivity index (χ3n) is 3.78. The van der Waals surface area contributed by atoms with Gasteiger partial charge in [-0.2, -0.15) is 0 Å². The van der Waals surface area contributed by atoms with Crippen molar-refractivity contribution in [3.05, 3.63) is 70.7 Å². The van der Waals surface area contributed by atoms with E-state index in [1.807, 2.05) is 54.6 Å². The topological polar surface area (TPSA) is 41.6 Å². The number of ether oxygens (including phenoxy) is 1. The van der Waals surface area contributed by atoms with Crippen molar-refractivity contribution in [3.63, 3.8) is 0 Å². The predicted molar refractivity (Wildman–Crippen MR) is 89.6 cm³/mol. The van der Waals surface area contributed by atoms with Gasteiger partial charge < -0.3 is 4.74 Å². The normalized spacial score (nSPS) is 17.7. The second kappa shape index (κ2) is 7.59. The van der Waals surface area contributed by atoms with E-state index in [1.54, 1.807) is 5.01 Å². The Hall–Kier alpha value is -1.88. The zero-order valence-corrected chi connectivity index (χ0v) is 13.5. The highest BCUT2D eigenvalue weighted by Gasteiger charge is 2.30. The zero-order chi connectivity index (χ0) is 16.1. The van der Waals surface area contributed by atoms with E-state index in [1.165, 1.54) is 0 Å². The van der Waals surface area contributed by atoms with Gasteiger partial charge in [0, 0.05) is 11.6 Å². The van der Waals surface area contributed by atoms with Crippen molar-refractivity contribution in [2.45, 2.75) is 25.7 Å². The molecule has 23 heavy (non-hydrogen) atoms. The number of nitrogens with one attached hydrogen (secondary N) is 1. The van der Waals surface area contributed by atoms with Crippen LogP contribution in [0, 0.1) is 0 Å². The minimum absolute atomic E-state index is 0.0667. The number of halogens is 1. The van der Waals surface area contributed by atoms with Crippen molar-refractivity contribution in [1.82, 2.24) is 10.4 Å². The monoisotopic (exact) mass is 330 g/mol. The van der Waals surface area contributed by atoms with Gasteiger partial charge in [-0.15, -0.1) is 0 Å². The lowest BCUT2D eigenvalue weighted by Gasteiger charge is -2.18. The molecule has 1 saturated heterocycles. The molecule has 1 aliphatic heterocycles. The predicted octanol–water partition coefficient (Wildman–Crippen LogP) is 3.16. The van der Waals surface area contributed by atoms with Crippen molar-refractivity contribution in [2.75, 3.05) is 6.54 Å². The van der Waals surface area contributed by atoms with Gasteiger partial charge in [0.15, 0.2) is 0 Å². The van der Waals surface area contributed by atoms with Crippen LogP contribution in [0.5, 0.6) is 0 Å². The van der Waals surface area contributed by atoms with Crippen LogP contribution in [0.25, 0.3) is 0 Å². The molecule has 120 valence electrons. The summed E-state index contributed by atoms with van der Waals surface area (Å²) in [5.41, 5.74) is 5.32. The molecule has 0 bridgehead atoms. The quantitative estimate of drug-likeness (QED) is 0.884. The summed E-state index contributed by atoms with van der Waals surface area (Å²) in [7, 11) is 0. The summed E-state index contributed by atoms with van der Waals surface area (Å²) < 4.78 is 5.84. The van der Waals surface area contributed by atoms with E-state index in [2.05, 4.69) is 5.43 Å². The lowest BCUT2D eigenvalue weighted by Crippen LogP contribution is -2.39. The van der Waals surface area contributed by atoms with Crippen molar-refractivity contribution in [3.8, 4) is 0 Å². The number of hydrogen-bond donors (Lipinski definition) is 1. The van der Waals surface area contributed by atoms with Gasteiger partial charge in [-0.3, -0.25) is 9.80 Å². The van der Waals surface area contributed by atoms with Crippen molar-refractivity contribution in [1.29, 1.82) is 0 Å². The number of nitrogens with zero attached hydrogens (tertiary/aromatic N) is 1. The first-order valence-electron chi connectivity index (χ1n) is 7.64. The molecule has 1 amide bonds. The molecule has 1 heterocycles. The first-order chi connectivity index (χ1) is 11.2. The fourth-order valence-electron chi connectivity index (χ4n) is 2.56. The molecule has 1 unspecified atom stereocenters. The lowest BCUT2D eigenvalue weighted by atomic mass is 10.2. The summed E-state index contributed by atoms with van der Waals surface area (Å²) in [5.74, 6) is 0.0667. The van der Waals surface area contributed by atoms with E-state index in [-0.39, 0.29) is 12.0 Å². The number of carbonyl (C=O) groups is 1. The van der Waals surface area contributed by atoms with E-state index < -0.39 is 0 Å². The van der Waals surface area contributed by atoms with Crippen LogP contribution >= 0.6 is 11.6 Å². The standard InChI is InChI=1S/C18H19ClN2O2/c19-16-8-4-7-15(9-16)13-23-17-10-18(22)21(12-17)20-11-14-5-2-1-3-6-14/h1-9,17,20H,10-13H2. The van der Waals surface area contributed by atoms with Gasteiger partial charge >= 0.3 is 0 Å². The van der Waals surface area contributed by atoms with E-state index in [0.29, 0.717) is 31.1 Å². The molecule has 0 aliphatic carbocycles. The Morgan fingerprint density at radius 2 is 1.91 bits per heavy atom. The van der Waals surface area contributed by atoms with Crippen molar-refractivity contribution >= 4 is 17.5 Å². The maximum absolute atomic E-state index is 12.0. The van der Waals surface area contributed by atoms with E-state index in [4.69, 9.17) is 16.3 Å². The molecule has 0 spiro atoms. The molecule has 1 atom stereocenters. The molecule has 2 aromatic rings. The Bertz CT molecular complexity index is 663. The molecule has 5 heteroatoms. The van der Waals surface area contributed by atoms with Crippen molar-refractivity contribution in [2.24, 2.45) is 0 Å². The van der Waals surface area contributed by atoms with Crippen LogP contribution in [0.4, 0.5) is 0 Å². The highest BCUT2D eigenvalue weighted by atomic mass is 35.5. The number of hydrogen-bond acceptors (Lipinski definition) is 3. The Morgan fingerprint density at radius 3 is 2.70 bits per heavy atom. The van der Waals surface area contributed by atoms with E-state index >= 15 is 0 Å². The molecule has 0 saturated carbocycles.